The normalized spacial score (nSPS) is 11.2. The maximum Gasteiger partial charge on any atom is 1.00 e. The van der Waals surface area contributed by atoms with Gasteiger partial charge in [0.05, 0.1) is 4.90 Å². The first-order valence-electron chi connectivity index (χ1n) is 12.0. The van der Waals surface area contributed by atoms with Gasteiger partial charge >= 0.3 is 51.4 Å². The van der Waals surface area contributed by atoms with Gasteiger partial charge in [-0.05, 0) is 42.7 Å². The Morgan fingerprint density at radius 3 is 1.91 bits per heavy atom. The van der Waals surface area contributed by atoms with Crippen molar-refractivity contribution < 1.29 is 74.2 Å². The van der Waals surface area contributed by atoms with E-state index in [4.69, 9.17) is 4.74 Å². The first-order chi connectivity index (χ1) is 15.4. The fourth-order valence-electron chi connectivity index (χ4n) is 3.88. The number of para-hydroxylation sites is 2. The number of rotatable bonds is 16. The van der Waals surface area contributed by atoms with E-state index in [1.807, 2.05) is 0 Å². The van der Waals surface area contributed by atoms with Crippen LogP contribution >= 0.6 is 0 Å². The number of ether oxygens (including phenoxy) is 1. The monoisotopic (exact) mass is 500 g/mol. The van der Waals surface area contributed by atoms with Crippen molar-refractivity contribution in [3.8, 4) is 17.2 Å². The van der Waals surface area contributed by atoms with Crippen molar-refractivity contribution in [1.29, 1.82) is 0 Å². The van der Waals surface area contributed by atoms with Crippen molar-refractivity contribution in [3.63, 3.8) is 0 Å². The molecule has 0 bridgehead atoms. The second-order valence-corrected chi connectivity index (χ2v) is 9.82. The Kier molecular flexibility index (Phi) is 15.9. The Bertz CT molecular complexity index is 915. The number of hydrogen-bond acceptors (Lipinski definition) is 4. The van der Waals surface area contributed by atoms with E-state index in [1.54, 1.807) is 24.3 Å². The third-order valence-electron chi connectivity index (χ3n) is 5.69. The van der Waals surface area contributed by atoms with Gasteiger partial charge in [-0.3, -0.25) is 4.55 Å². The Balaban J connectivity index is 0.00000544. The molecule has 0 atom stereocenters. The van der Waals surface area contributed by atoms with Crippen LogP contribution in [-0.4, -0.2) is 13.0 Å². The summed E-state index contributed by atoms with van der Waals surface area (Å²) in [4.78, 5) is -0.0941. The molecular weight excluding hydrogens is 463 g/mol. The van der Waals surface area contributed by atoms with Crippen molar-refractivity contribution in [1.82, 2.24) is 0 Å². The number of benzene rings is 2. The number of unbranched alkanes of at least 4 members (excludes halogenated alkanes) is 11. The van der Waals surface area contributed by atoms with E-state index in [-0.39, 0.29) is 67.8 Å². The molecule has 0 aliphatic heterocycles. The minimum absolute atomic E-state index is 0. The molecule has 2 aromatic carbocycles. The van der Waals surface area contributed by atoms with Gasteiger partial charge in [0.2, 0.25) is 0 Å². The van der Waals surface area contributed by atoms with Gasteiger partial charge in [-0.15, -0.1) is 0 Å². The SMILES string of the molecule is CCCCCCCCCCCCCCc1cc(Oc2ccccc2[O-])ccc1S(=O)(=O)O.[K+]. The summed E-state index contributed by atoms with van der Waals surface area (Å²) in [6, 6.07) is 10.7. The predicted octanol–water partition coefficient (Wildman–Crippen LogP) is 4.05. The van der Waals surface area contributed by atoms with Crippen LogP contribution in [0.3, 0.4) is 0 Å². The van der Waals surface area contributed by atoms with Crippen LogP contribution in [0.15, 0.2) is 47.4 Å². The van der Waals surface area contributed by atoms with E-state index in [0.717, 1.165) is 19.3 Å². The van der Waals surface area contributed by atoms with Crippen LogP contribution in [0.1, 0.15) is 89.5 Å². The molecule has 2 rings (SSSR count). The summed E-state index contributed by atoms with van der Waals surface area (Å²) in [5.74, 6) is 0.326. The van der Waals surface area contributed by atoms with Gasteiger partial charge in [0, 0.05) is 0 Å². The Morgan fingerprint density at radius 1 is 0.818 bits per heavy atom. The molecule has 0 aromatic heterocycles. The van der Waals surface area contributed by atoms with Crippen molar-refractivity contribution >= 4 is 10.1 Å². The molecule has 0 unspecified atom stereocenters. The summed E-state index contributed by atoms with van der Waals surface area (Å²) >= 11 is 0. The van der Waals surface area contributed by atoms with Crippen molar-refractivity contribution in [2.24, 2.45) is 0 Å². The topological polar surface area (TPSA) is 86.7 Å². The fraction of sp³-hybridized carbons (Fsp3) is 0.538. The molecular formula is C26H37KO5S. The zero-order chi connectivity index (χ0) is 23.2. The van der Waals surface area contributed by atoms with Gasteiger partial charge in [0.15, 0.2) is 0 Å². The van der Waals surface area contributed by atoms with E-state index in [9.17, 15) is 18.1 Å². The van der Waals surface area contributed by atoms with Gasteiger partial charge in [-0.2, -0.15) is 8.42 Å². The summed E-state index contributed by atoms with van der Waals surface area (Å²) in [5.41, 5.74) is 0.514. The van der Waals surface area contributed by atoms with Crippen LogP contribution in [0, 0.1) is 0 Å². The number of aryl methyl sites for hydroxylation is 1. The van der Waals surface area contributed by atoms with E-state index < -0.39 is 10.1 Å². The quantitative estimate of drug-likeness (QED) is 0.213. The first kappa shape index (κ1) is 30.6. The van der Waals surface area contributed by atoms with Crippen molar-refractivity contribution in [3.05, 3.63) is 48.0 Å². The standard InChI is InChI=1S/C26H38O5S.K/c1-2-3-4-5-6-7-8-9-10-11-12-13-16-22-21-23(19-20-26(22)32(28,29)30)31-25-18-15-14-17-24(25)27;/h14-15,17-21,27H,2-13,16H2,1H3,(H,28,29,30);/q;+1/p-1. The zero-order valence-electron chi connectivity index (χ0n) is 20.2. The molecule has 33 heavy (non-hydrogen) atoms. The average molecular weight is 501 g/mol. The maximum absolute atomic E-state index is 11.9. The summed E-state index contributed by atoms with van der Waals surface area (Å²) < 4.78 is 38.7. The molecule has 0 fully saturated rings. The van der Waals surface area contributed by atoms with Gasteiger partial charge < -0.3 is 9.84 Å². The van der Waals surface area contributed by atoms with Crippen LogP contribution < -0.4 is 61.2 Å². The molecule has 5 nitrogen and oxygen atoms in total. The zero-order valence-corrected chi connectivity index (χ0v) is 24.2. The van der Waals surface area contributed by atoms with Crippen LogP contribution in [0.4, 0.5) is 0 Å². The molecule has 0 saturated heterocycles. The van der Waals surface area contributed by atoms with Crippen LogP contribution in [0.25, 0.3) is 0 Å². The third-order valence-corrected chi connectivity index (χ3v) is 6.64. The molecule has 2 aromatic rings. The Morgan fingerprint density at radius 2 is 1.36 bits per heavy atom. The van der Waals surface area contributed by atoms with Gasteiger partial charge in [0.25, 0.3) is 10.1 Å². The van der Waals surface area contributed by atoms with Crippen molar-refractivity contribution in [2.45, 2.75) is 95.3 Å². The van der Waals surface area contributed by atoms with E-state index >= 15 is 0 Å². The number of hydrogen-bond donors (Lipinski definition) is 1. The molecule has 0 aliphatic carbocycles. The summed E-state index contributed by atoms with van der Waals surface area (Å²) in [6.07, 6.45) is 15.2. The van der Waals surface area contributed by atoms with Crippen molar-refractivity contribution in [2.75, 3.05) is 0 Å². The Labute approximate surface area is 242 Å². The second-order valence-electron chi connectivity index (χ2n) is 8.43. The third kappa shape index (κ3) is 12.2. The molecule has 0 saturated carbocycles. The smallest absolute Gasteiger partial charge is 0.870 e. The molecule has 7 heteroatoms. The minimum Gasteiger partial charge on any atom is -0.870 e. The molecule has 0 radical (unpaired) electrons. The van der Waals surface area contributed by atoms with Gasteiger partial charge in [0.1, 0.15) is 11.5 Å². The maximum atomic E-state index is 11.9. The molecule has 0 heterocycles. The summed E-state index contributed by atoms with van der Waals surface area (Å²) in [7, 11) is -4.31. The second kappa shape index (κ2) is 17.1. The molecule has 0 amide bonds. The fourth-order valence-corrected chi connectivity index (χ4v) is 4.62. The van der Waals surface area contributed by atoms with E-state index in [0.29, 0.717) is 17.7 Å². The molecule has 0 spiro atoms. The van der Waals surface area contributed by atoms with Gasteiger partial charge in [-0.1, -0.05) is 102 Å². The molecule has 0 aliphatic rings. The van der Waals surface area contributed by atoms with E-state index in [1.165, 1.54) is 76.0 Å². The van der Waals surface area contributed by atoms with Crippen LogP contribution in [0.5, 0.6) is 17.2 Å². The van der Waals surface area contributed by atoms with E-state index in [2.05, 4.69) is 6.92 Å². The molecule has 178 valence electrons. The molecule has 1 N–H and O–H groups in total. The summed E-state index contributed by atoms with van der Waals surface area (Å²) in [5, 5.41) is 11.9. The summed E-state index contributed by atoms with van der Waals surface area (Å²) in [6.45, 7) is 2.24. The Hall–Kier alpha value is -0.414. The minimum atomic E-state index is -4.31. The average Bonchev–Trinajstić information content (AvgIpc) is 2.75. The van der Waals surface area contributed by atoms with Gasteiger partial charge in [-0.25, -0.2) is 0 Å². The van der Waals surface area contributed by atoms with Crippen LogP contribution in [0.2, 0.25) is 0 Å². The largest absolute Gasteiger partial charge is 1.00 e. The van der Waals surface area contributed by atoms with Crippen LogP contribution in [-0.2, 0) is 16.5 Å². The first-order valence-corrected chi connectivity index (χ1v) is 13.4. The predicted molar refractivity (Wildman–Crippen MR) is 127 cm³/mol.